The first kappa shape index (κ1) is 9.95. The topological polar surface area (TPSA) is 88.9 Å². The number of hydrogen-bond donors (Lipinski definition) is 1. The Labute approximate surface area is 95.5 Å². The van der Waals surface area contributed by atoms with Gasteiger partial charge in [0.2, 0.25) is 0 Å². The molecule has 86 valence electrons. The molecule has 0 unspecified atom stereocenters. The summed E-state index contributed by atoms with van der Waals surface area (Å²) in [6, 6.07) is 4.41. The Balaban J connectivity index is 2.36. The minimum absolute atomic E-state index is 0.115. The third-order valence-corrected chi connectivity index (χ3v) is 2.89. The van der Waals surface area contributed by atoms with Gasteiger partial charge >= 0.3 is 0 Å². The fraction of sp³-hybridized carbons (Fsp3) is 0.273. The van der Waals surface area contributed by atoms with Crippen molar-refractivity contribution in [2.75, 3.05) is 0 Å². The smallest absolute Gasteiger partial charge is 0.295 e. The minimum Gasteiger partial charge on any atom is -0.310 e. The number of nitrogens with one attached hydrogen (secondary N) is 1. The lowest BCUT2D eigenvalue weighted by Gasteiger charge is -2.01. The quantitative estimate of drug-likeness (QED) is 0.629. The summed E-state index contributed by atoms with van der Waals surface area (Å²) in [5.74, 6) is 0.823. The standard InChI is InChI=1S/C11H9N3O3/c15-11-7-2-1-3-8(14(16)17)9(7)12-10(13-11)6-4-5-6/h1-3,6H,4-5H2,(H,12,13,15). The van der Waals surface area contributed by atoms with Crippen LogP contribution in [-0.4, -0.2) is 14.9 Å². The first-order valence-corrected chi connectivity index (χ1v) is 5.34. The monoisotopic (exact) mass is 231 g/mol. The number of aromatic nitrogens is 2. The number of aromatic amines is 1. The summed E-state index contributed by atoms with van der Waals surface area (Å²) in [5.41, 5.74) is -0.237. The number of fused-ring (bicyclic) bond motifs is 1. The lowest BCUT2D eigenvalue weighted by Crippen LogP contribution is -2.12. The highest BCUT2D eigenvalue weighted by Crippen LogP contribution is 2.38. The van der Waals surface area contributed by atoms with E-state index in [2.05, 4.69) is 9.97 Å². The van der Waals surface area contributed by atoms with E-state index in [0.29, 0.717) is 5.82 Å². The number of nitrogens with zero attached hydrogens (tertiary/aromatic N) is 2. The van der Waals surface area contributed by atoms with Crippen molar-refractivity contribution >= 4 is 16.6 Å². The Kier molecular flexibility index (Phi) is 1.98. The summed E-state index contributed by atoms with van der Waals surface area (Å²) in [6.45, 7) is 0. The minimum atomic E-state index is -0.508. The maximum absolute atomic E-state index is 11.8. The van der Waals surface area contributed by atoms with Crippen LogP contribution in [0.15, 0.2) is 23.0 Å². The van der Waals surface area contributed by atoms with Gasteiger partial charge in [-0.1, -0.05) is 6.07 Å². The maximum atomic E-state index is 11.8. The predicted octanol–water partition coefficient (Wildman–Crippen LogP) is 1.71. The highest BCUT2D eigenvalue weighted by atomic mass is 16.6. The molecule has 0 saturated heterocycles. The average Bonchev–Trinajstić information content (AvgIpc) is 3.11. The van der Waals surface area contributed by atoms with Crippen LogP contribution in [0.1, 0.15) is 24.6 Å². The molecule has 3 rings (SSSR count). The summed E-state index contributed by atoms with van der Waals surface area (Å²) >= 11 is 0. The second-order valence-electron chi connectivity index (χ2n) is 4.16. The molecule has 2 aromatic rings. The molecule has 1 aromatic heterocycles. The van der Waals surface area contributed by atoms with E-state index in [1.165, 1.54) is 12.1 Å². The molecule has 17 heavy (non-hydrogen) atoms. The molecule has 1 aliphatic carbocycles. The van der Waals surface area contributed by atoms with Crippen molar-refractivity contribution in [2.45, 2.75) is 18.8 Å². The van der Waals surface area contributed by atoms with Crippen molar-refractivity contribution in [3.8, 4) is 0 Å². The van der Waals surface area contributed by atoms with Gasteiger partial charge in [0.15, 0.2) is 5.52 Å². The summed E-state index contributed by atoms with van der Waals surface area (Å²) in [7, 11) is 0. The van der Waals surface area contributed by atoms with Crippen molar-refractivity contribution in [1.82, 2.24) is 9.97 Å². The highest BCUT2D eigenvalue weighted by Gasteiger charge is 2.27. The molecule has 0 aliphatic heterocycles. The summed E-state index contributed by atoms with van der Waals surface area (Å²) in [6.07, 6.45) is 1.96. The van der Waals surface area contributed by atoms with Crippen molar-refractivity contribution in [1.29, 1.82) is 0 Å². The van der Waals surface area contributed by atoms with Crippen molar-refractivity contribution in [3.63, 3.8) is 0 Å². The molecule has 0 spiro atoms. The van der Waals surface area contributed by atoms with Crippen LogP contribution in [0, 0.1) is 10.1 Å². The number of hydrogen-bond acceptors (Lipinski definition) is 4. The van der Waals surface area contributed by atoms with Crippen LogP contribution < -0.4 is 5.56 Å². The lowest BCUT2D eigenvalue weighted by molar-refractivity contribution is -0.383. The predicted molar refractivity (Wildman–Crippen MR) is 61.0 cm³/mol. The van der Waals surface area contributed by atoms with Crippen LogP contribution >= 0.6 is 0 Å². The Bertz CT molecular complexity index is 673. The molecule has 1 aliphatic rings. The van der Waals surface area contributed by atoms with Crippen LogP contribution in [0.5, 0.6) is 0 Å². The zero-order chi connectivity index (χ0) is 12.0. The van der Waals surface area contributed by atoms with Crippen LogP contribution in [0.25, 0.3) is 10.9 Å². The molecule has 1 fully saturated rings. The number of non-ortho nitro benzene ring substituents is 1. The van der Waals surface area contributed by atoms with Gasteiger partial charge < -0.3 is 4.98 Å². The molecule has 1 N–H and O–H groups in total. The third kappa shape index (κ3) is 1.57. The van der Waals surface area contributed by atoms with Crippen molar-refractivity contribution < 1.29 is 4.92 Å². The maximum Gasteiger partial charge on any atom is 0.295 e. The summed E-state index contributed by atoms with van der Waals surface area (Å²) in [4.78, 5) is 29.1. The largest absolute Gasteiger partial charge is 0.310 e. The van der Waals surface area contributed by atoms with E-state index < -0.39 is 4.92 Å². The second kappa shape index (κ2) is 3.38. The van der Waals surface area contributed by atoms with Gasteiger partial charge in [0.25, 0.3) is 11.2 Å². The van der Waals surface area contributed by atoms with E-state index in [1.54, 1.807) is 6.07 Å². The van der Waals surface area contributed by atoms with Gasteiger partial charge in [-0.3, -0.25) is 14.9 Å². The highest BCUT2D eigenvalue weighted by molar-refractivity contribution is 5.86. The Morgan fingerprint density at radius 3 is 2.82 bits per heavy atom. The Morgan fingerprint density at radius 1 is 1.41 bits per heavy atom. The van der Waals surface area contributed by atoms with E-state index in [4.69, 9.17) is 0 Å². The van der Waals surface area contributed by atoms with Gasteiger partial charge in [-0.15, -0.1) is 0 Å². The summed E-state index contributed by atoms with van der Waals surface area (Å²) in [5, 5.41) is 11.1. The molecule has 1 saturated carbocycles. The number of nitro benzene ring substituents is 1. The van der Waals surface area contributed by atoms with Gasteiger partial charge in [-0.25, -0.2) is 4.98 Å². The fourth-order valence-electron chi connectivity index (χ4n) is 1.86. The number of rotatable bonds is 2. The molecule has 6 nitrogen and oxygen atoms in total. The molecule has 1 aromatic carbocycles. The van der Waals surface area contributed by atoms with Crippen molar-refractivity contribution in [2.24, 2.45) is 0 Å². The average molecular weight is 231 g/mol. The van der Waals surface area contributed by atoms with Crippen LogP contribution in [-0.2, 0) is 0 Å². The first-order chi connectivity index (χ1) is 8.16. The van der Waals surface area contributed by atoms with Gasteiger partial charge in [0, 0.05) is 12.0 Å². The van der Waals surface area contributed by atoms with Crippen molar-refractivity contribution in [3.05, 3.63) is 44.5 Å². The lowest BCUT2D eigenvalue weighted by atomic mass is 10.2. The van der Waals surface area contributed by atoms with Crippen LogP contribution in [0.3, 0.4) is 0 Å². The van der Waals surface area contributed by atoms with Gasteiger partial charge in [0.05, 0.1) is 10.3 Å². The van der Waals surface area contributed by atoms with E-state index in [1.807, 2.05) is 0 Å². The Morgan fingerprint density at radius 2 is 2.18 bits per heavy atom. The zero-order valence-electron chi connectivity index (χ0n) is 8.84. The van der Waals surface area contributed by atoms with Crippen LogP contribution in [0.2, 0.25) is 0 Å². The molecule has 0 atom stereocenters. The van der Waals surface area contributed by atoms with E-state index in [0.717, 1.165) is 12.8 Å². The molecule has 6 heteroatoms. The molecule has 0 amide bonds. The number of benzene rings is 1. The van der Waals surface area contributed by atoms with Gasteiger partial charge in [-0.2, -0.15) is 0 Å². The van der Waals surface area contributed by atoms with E-state index in [-0.39, 0.29) is 28.1 Å². The first-order valence-electron chi connectivity index (χ1n) is 5.34. The molecular formula is C11H9N3O3. The SMILES string of the molecule is O=c1[nH]c(C2CC2)nc2c([N+](=O)[O-])cccc12. The number of para-hydroxylation sites is 1. The zero-order valence-corrected chi connectivity index (χ0v) is 8.84. The molecular weight excluding hydrogens is 222 g/mol. The Hall–Kier alpha value is -2.24. The molecule has 0 radical (unpaired) electrons. The molecule has 0 bridgehead atoms. The van der Waals surface area contributed by atoms with Crippen LogP contribution in [0.4, 0.5) is 5.69 Å². The normalized spacial score (nSPS) is 15.1. The third-order valence-electron chi connectivity index (χ3n) is 2.89. The van der Waals surface area contributed by atoms with Gasteiger partial charge in [0.1, 0.15) is 5.82 Å². The fourth-order valence-corrected chi connectivity index (χ4v) is 1.86. The van der Waals surface area contributed by atoms with E-state index >= 15 is 0 Å². The number of nitro groups is 1. The van der Waals surface area contributed by atoms with E-state index in [9.17, 15) is 14.9 Å². The number of H-pyrrole nitrogens is 1. The second-order valence-corrected chi connectivity index (χ2v) is 4.16. The van der Waals surface area contributed by atoms with Gasteiger partial charge in [-0.05, 0) is 18.9 Å². The molecule has 1 heterocycles. The summed E-state index contributed by atoms with van der Waals surface area (Å²) < 4.78 is 0.